The Labute approximate surface area is 150 Å². The van der Waals surface area contributed by atoms with Crippen LogP contribution in [0, 0.1) is 6.92 Å². The summed E-state index contributed by atoms with van der Waals surface area (Å²) in [5.74, 6) is 0.954. The van der Waals surface area contributed by atoms with Crippen LogP contribution < -0.4 is 14.8 Å². The zero-order valence-corrected chi connectivity index (χ0v) is 15.3. The Balaban J connectivity index is 1.81. The van der Waals surface area contributed by atoms with Crippen molar-refractivity contribution < 1.29 is 14.3 Å². The van der Waals surface area contributed by atoms with Crippen LogP contribution in [-0.4, -0.2) is 24.6 Å². The highest BCUT2D eigenvalue weighted by atomic mass is 32.1. The molecule has 1 aromatic heterocycles. The fraction of sp³-hybridized carbons (Fsp3) is 0.263. The van der Waals surface area contributed by atoms with Crippen LogP contribution in [0.15, 0.2) is 36.4 Å². The Kier molecular flexibility index (Phi) is 5.19. The molecule has 0 unspecified atom stereocenters. The SMILES string of the molecule is CCCOc1ccc(C(=O)Nc2nc3c(C)cccc3s2)cc1OC. The highest BCUT2D eigenvalue weighted by Gasteiger charge is 2.14. The molecule has 0 fully saturated rings. The first kappa shape index (κ1) is 17.2. The zero-order chi connectivity index (χ0) is 17.8. The Morgan fingerprint density at radius 3 is 2.80 bits per heavy atom. The second-order valence-corrected chi connectivity index (χ2v) is 6.64. The minimum Gasteiger partial charge on any atom is -0.493 e. The third kappa shape index (κ3) is 3.74. The Morgan fingerprint density at radius 2 is 2.08 bits per heavy atom. The molecule has 25 heavy (non-hydrogen) atoms. The van der Waals surface area contributed by atoms with Gasteiger partial charge in [0.2, 0.25) is 0 Å². The fourth-order valence-electron chi connectivity index (χ4n) is 2.45. The molecular formula is C19H20N2O3S. The number of methoxy groups -OCH3 is 1. The second kappa shape index (κ2) is 7.53. The van der Waals surface area contributed by atoms with Crippen LogP contribution >= 0.6 is 11.3 Å². The third-order valence-electron chi connectivity index (χ3n) is 3.73. The molecule has 1 amide bonds. The van der Waals surface area contributed by atoms with Crippen molar-refractivity contribution in [1.82, 2.24) is 4.98 Å². The van der Waals surface area contributed by atoms with E-state index in [4.69, 9.17) is 9.47 Å². The molecule has 1 heterocycles. The molecule has 130 valence electrons. The van der Waals surface area contributed by atoms with E-state index in [-0.39, 0.29) is 5.91 Å². The number of hydrogen-bond acceptors (Lipinski definition) is 5. The standard InChI is InChI=1S/C19H20N2O3S/c1-4-10-24-14-9-8-13(11-15(14)23-3)18(22)21-19-20-17-12(2)6-5-7-16(17)25-19/h5-9,11H,4,10H2,1-3H3,(H,20,21,22). The Morgan fingerprint density at radius 1 is 1.24 bits per heavy atom. The van der Waals surface area contributed by atoms with Gasteiger partial charge in [-0.2, -0.15) is 0 Å². The van der Waals surface area contributed by atoms with Crippen LogP contribution in [0.3, 0.4) is 0 Å². The largest absolute Gasteiger partial charge is 0.493 e. The molecule has 0 radical (unpaired) electrons. The third-order valence-corrected chi connectivity index (χ3v) is 4.66. The van der Waals surface area contributed by atoms with E-state index in [0.29, 0.717) is 28.8 Å². The van der Waals surface area contributed by atoms with E-state index in [9.17, 15) is 4.79 Å². The van der Waals surface area contributed by atoms with Crippen LogP contribution in [-0.2, 0) is 0 Å². The van der Waals surface area contributed by atoms with Crippen LogP contribution in [0.4, 0.5) is 5.13 Å². The van der Waals surface area contributed by atoms with E-state index in [0.717, 1.165) is 22.2 Å². The quantitative estimate of drug-likeness (QED) is 0.698. The molecule has 5 nitrogen and oxygen atoms in total. The second-order valence-electron chi connectivity index (χ2n) is 5.61. The summed E-state index contributed by atoms with van der Waals surface area (Å²) in [4.78, 5) is 17.0. The lowest BCUT2D eigenvalue weighted by Crippen LogP contribution is -2.12. The highest BCUT2D eigenvalue weighted by Crippen LogP contribution is 2.30. The van der Waals surface area contributed by atoms with Gasteiger partial charge in [-0.25, -0.2) is 4.98 Å². The minimum atomic E-state index is -0.225. The average molecular weight is 356 g/mol. The number of aromatic nitrogens is 1. The molecular weight excluding hydrogens is 336 g/mol. The van der Waals surface area contributed by atoms with Gasteiger partial charge in [0.05, 0.1) is 23.9 Å². The molecule has 2 aromatic carbocycles. The summed E-state index contributed by atoms with van der Waals surface area (Å²) in [6.45, 7) is 4.65. The van der Waals surface area contributed by atoms with Gasteiger partial charge in [0.25, 0.3) is 5.91 Å². The van der Waals surface area contributed by atoms with Crippen molar-refractivity contribution in [3.05, 3.63) is 47.5 Å². The summed E-state index contributed by atoms with van der Waals surface area (Å²) in [5.41, 5.74) is 2.51. The molecule has 0 aliphatic rings. The Hall–Kier alpha value is -2.60. The van der Waals surface area contributed by atoms with Crippen molar-refractivity contribution in [2.75, 3.05) is 19.0 Å². The molecule has 0 bridgehead atoms. The van der Waals surface area contributed by atoms with Gasteiger partial charge in [0, 0.05) is 5.56 Å². The van der Waals surface area contributed by atoms with Gasteiger partial charge in [0.15, 0.2) is 16.6 Å². The number of nitrogens with one attached hydrogen (secondary N) is 1. The van der Waals surface area contributed by atoms with Crippen LogP contribution in [0.1, 0.15) is 29.3 Å². The van der Waals surface area contributed by atoms with Crippen molar-refractivity contribution in [2.45, 2.75) is 20.3 Å². The number of rotatable bonds is 6. The number of amides is 1. The van der Waals surface area contributed by atoms with E-state index >= 15 is 0 Å². The molecule has 3 rings (SSSR count). The molecule has 0 saturated heterocycles. The maximum Gasteiger partial charge on any atom is 0.257 e. The summed E-state index contributed by atoms with van der Waals surface area (Å²) in [6.07, 6.45) is 0.905. The lowest BCUT2D eigenvalue weighted by molar-refractivity contribution is 0.102. The number of benzene rings is 2. The summed E-state index contributed by atoms with van der Waals surface area (Å²) >= 11 is 1.46. The Bertz CT molecular complexity index is 905. The first-order chi connectivity index (χ1) is 12.1. The molecule has 6 heteroatoms. The summed E-state index contributed by atoms with van der Waals surface area (Å²) in [7, 11) is 1.56. The number of nitrogens with zero attached hydrogens (tertiary/aromatic N) is 1. The maximum absolute atomic E-state index is 12.5. The van der Waals surface area contributed by atoms with E-state index in [1.807, 2.05) is 32.0 Å². The maximum atomic E-state index is 12.5. The van der Waals surface area contributed by atoms with Crippen LogP contribution in [0.25, 0.3) is 10.2 Å². The highest BCUT2D eigenvalue weighted by molar-refractivity contribution is 7.22. The molecule has 0 spiro atoms. The van der Waals surface area contributed by atoms with Crippen molar-refractivity contribution in [1.29, 1.82) is 0 Å². The first-order valence-electron chi connectivity index (χ1n) is 8.10. The molecule has 1 N–H and O–H groups in total. The number of para-hydroxylation sites is 1. The van der Waals surface area contributed by atoms with Crippen molar-refractivity contribution >= 4 is 32.6 Å². The average Bonchev–Trinajstić information content (AvgIpc) is 3.03. The van der Waals surface area contributed by atoms with Crippen LogP contribution in [0.2, 0.25) is 0 Å². The van der Waals surface area contributed by atoms with Gasteiger partial charge >= 0.3 is 0 Å². The van der Waals surface area contributed by atoms with Gasteiger partial charge in [-0.3, -0.25) is 10.1 Å². The van der Waals surface area contributed by atoms with Gasteiger partial charge in [-0.15, -0.1) is 0 Å². The number of ether oxygens (including phenoxy) is 2. The predicted molar refractivity (Wildman–Crippen MR) is 101 cm³/mol. The smallest absolute Gasteiger partial charge is 0.257 e. The lowest BCUT2D eigenvalue weighted by Gasteiger charge is -2.11. The number of aryl methyl sites for hydroxylation is 1. The first-order valence-corrected chi connectivity index (χ1v) is 8.92. The summed E-state index contributed by atoms with van der Waals surface area (Å²) < 4.78 is 12.0. The van der Waals surface area contributed by atoms with E-state index in [1.165, 1.54) is 11.3 Å². The number of thiazole rings is 1. The topological polar surface area (TPSA) is 60.5 Å². The van der Waals surface area contributed by atoms with E-state index in [2.05, 4.69) is 10.3 Å². The summed E-state index contributed by atoms with van der Waals surface area (Å²) in [6, 6.07) is 11.2. The van der Waals surface area contributed by atoms with Gasteiger partial charge in [0.1, 0.15) is 0 Å². The lowest BCUT2D eigenvalue weighted by atomic mass is 10.2. The van der Waals surface area contributed by atoms with Gasteiger partial charge in [-0.1, -0.05) is 30.4 Å². The zero-order valence-electron chi connectivity index (χ0n) is 14.5. The minimum absolute atomic E-state index is 0.225. The fourth-order valence-corrected chi connectivity index (χ4v) is 3.39. The number of carbonyl (C=O) groups is 1. The van der Waals surface area contributed by atoms with Crippen LogP contribution in [0.5, 0.6) is 11.5 Å². The van der Waals surface area contributed by atoms with Crippen molar-refractivity contribution in [2.24, 2.45) is 0 Å². The molecule has 0 saturated carbocycles. The van der Waals surface area contributed by atoms with E-state index < -0.39 is 0 Å². The predicted octanol–water partition coefficient (Wildman–Crippen LogP) is 4.65. The van der Waals surface area contributed by atoms with Crippen molar-refractivity contribution in [3.8, 4) is 11.5 Å². The number of carbonyl (C=O) groups excluding carboxylic acids is 1. The van der Waals surface area contributed by atoms with Gasteiger partial charge < -0.3 is 9.47 Å². The molecule has 3 aromatic rings. The molecule has 0 aliphatic carbocycles. The normalized spacial score (nSPS) is 10.7. The summed E-state index contributed by atoms with van der Waals surface area (Å²) in [5, 5.41) is 3.44. The number of hydrogen-bond donors (Lipinski definition) is 1. The monoisotopic (exact) mass is 356 g/mol. The van der Waals surface area contributed by atoms with Gasteiger partial charge in [-0.05, 0) is 43.2 Å². The molecule has 0 atom stereocenters. The number of fused-ring (bicyclic) bond motifs is 1. The van der Waals surface area contributed by atoms with E-state index in [1.54, 1.807) is 25.3 Å². The van der Waals surface area contributed by atoms with Crippen molar-refractivity contribution in [3.63, 3.8) is 0 Å². The number of anilines is 1. The molecule has 0 aliphatic heterocycles.